The van der Waals surface area contributed by atoms with Crippen LogP contribution in [0.4, 0.5) is 0 Å². The molecule has 2 aromatic rings. The van der Waals surface area contributed by atoms with Gasteiger partial charge in [-0.3, -0.25) is 19.3 Å². The molecule has 1 saturated carbocycles. The largest absolute Gasteiger partial charge is 0.425 e. The fourth-order valence-electron chi connectivity index (χ4n) is 5.39. The van der Waals surface area contributed by atoms with Crippen molar-refractivity contribution in [2.45, 2.75) is 50.0 Å². The molecule has 0 N–H and O–H groups in total. The van der Waals surface area contributed by atoms with E-state index >= 15 is 0 Å². The fourth-order valence-corrected chi connectivity index (χ4v) is 5.39. The molecule has 2 atom stereocenters. The number of carbonyl (C=O) groups is 3. The maximum absolute atomic E-state index is 13.6. The number of fused-ring (bicyclic) bond motifs is 1. The van der Waals surface area contributed by atoms with Crippen LogP contribution in [-0.2, 0) is 19.8 Å². The molecule has 0 radical (unpaired) electrons. The molecule has 2 amide bonds. The monoisotopic (exact) mass is 389 g/mol. The number of imide groups is 1. The van der Waals surface area contributed by atoms with Crippen LogP contribution in [0.3, 0.4) is 0 Å². The number of ether oxygens (including phenoxy) is 1. The van der Waals surface area contributed by atoms with Gasteiger partial charge in [-0.1, -0.05) is 67.8 Å². The highest BCUT2D eigenvalue weighted by atomic mass is 16.5. The highest BCUT2D eigenvalue weighted by Crippen LogP contribution is 2.52. The van der Waals surface area contributed by atoms with Gasteiger partial charge in [0, 0.05) is 18.0 Å². The van der Waals surface area contributed by atoms with Crippen molar-refractivity contribution in [3.05, 3.63) is 65.7 Å². The molecule has 0 spiro atoms. The number of hydrogen-bond donors (Lipinski definition) is 0. The summed E-state index contributed by atoms with van der Waals surface area (Å²) in [5, 5.41) is 0. The zero-order valence-corrected chi connectivity index (χ0v) is 16.2. The quantitative estimate of drug-likeness (QED) is 0.457. The summed E-state index contributed by atoms with van der Waals surface area (Å²) in [5.41, 5.74) is 0.0908. The van der Waals surface area contributed by atoms with Crippen LogP contribution in [0.5, 0.6) is 5.75 Å². The molecule has 2 fully saturated rings. The fraction of sp³-hybridized carbons (Fsp3) is 0.375. The second kappa shape index (κ2) is 6.83. The minimum Gasteiger partial charge on any atom is -0.425 e. The molecule has 0 unspecified atom stereocenters. The van der Waals surface area contributed by atoms with Gasteiger partial charge < -0.3 is 4.74 Å². The molecule has 2 heterocycles. The van der Waals surface area contributed by atoms with E-state index in [1.54, 1.807) is 6.07 Å². The van der Waals surface area contributed by atoms with Crippen molar-refractivity contribution in [3.63, 3.8) is 0 Å². The molecule has 5 rings (SSSR count). The van der Waals surface area contributed by atoms with E-state index in [1.807, 2.05) is 48.5 Å². The predicted octanol–water partition coefficient (Wildman–Crippen LogP) is 3.60. The van der Waals surface area contributed by atoms with Crippen LogP contribution in [0.2, 0.25) is 0 Å². The van der Waals surface area contributed by atoms with Crippen molar-refractivity contribution in [1.29, 1.82) is 0 Å². The summed E-state index contributed by atoms with van der Waals surface area (Å²) < 4.78 is 5.63. The first-order valence-electron chi connectivity index (χ1n) is 10.4. The number of carbonyl (C=O) groups excluding carboxylic acids is 3. The van der Waals surface area contributed by atoms with E-state index in [1.165, 1.54) is 4.90 Å². The zero-order valence-electron chi connectivity index (χ0n) is 16.2. The lowest BCUT2D eigenvalue weighted by Crippen LogP contribution is -2.48. The van der Waals surface area contributed by atoms with Gasteiger partial charge in [0.2, 0.25) is 11.8 Å². The van der Waals surface area contributed by atoms with Crippen LogP contribution in [-0.4, -0.2) is 28.7 Å². The highest BCUT2D eigenvalue weighted by molar-refractivity contribution is 6.09. The topological polar surface area (TPSA) is 63.7 Å². The molecule has 148 valence electrons. The molecule has 29 heavy (non-hydrogen) atoms. The van der Waals surface area contributed by atoms with Crippen LogP contribution in [0, 0.1) is 5.92 Å². The Morgan fingerprint density at radius 3 is 2.31 bits per heavy atom. The van der Waals surface area contributed by atoms with E-state index in [2.05, 4.69) is 0 Å². The van der Waals surface area contributed by atoms with Crippen molar-refractivity contribution in [2.24, 2.45) is 5.92 Å². The Kier molecular flexibility index (Phi) is 4.26. The summed E-state index contributed by atoms with van der Waals surface area (Å²) in [7, 11) is 0. The number of esters is 1. The number of amides is 2. The van der Waals surface area contributed by atoms with E-state index < -0.39 is 17.3 Å². The van der Waals surface area contributed by atoms with Gasteiger partial charge in [0.1, 0.15) is 11.2 Å². The van der Waals surface area contributed by atoms with E-state index in [4.69, 9.17) is 4.74 Å². The molecule has 2 aliphatic heterocycles. The number of para-hydroxylation sites is 1. The highest BCUT2D eigenvalue weighted by Gasteiger charge is 2.62. The smallest absolute Gasteiger partial charge is 0.327 e. The molecule has 5 nitrogen and oxygen atoms in total. The summed E-state index contributed by atoms with van der Waals surface area (Å²) in [5.74, 6) is -1.19. The van der Waals surface area contributed by atoms with E-state index in [9.17, 15) is 14.4 Å². The minimum absolute atomic E-state index is 0.0354. The Morgan fingerprint density at radius 2 is 1.55 bits per heavy atom. The number of nitrogens with zero attached hydrogens (tertiary/aromatic N) is 1. The van der Waals surface area contributed by atoms with E-state index in [0.29, 0.717) is 16.9 Å². The van der Waals surface area contributed by atoms with Crippen molar-refractivity contribution < 1.29 is 19.1 Å². The Hall–Kier alpha value is -2.95. The first kappa shape index (κ1) is 18.1. The Balaban J connectivity index is 1.65. The molecule has 5 heteroatoms. The summed E-state index contributed by atoms with van der Waals surface area (Å²) >= 11 is 0. The number of rotatable bonds is 3. The summed E-state index contributed by atoms with van der Waals surface area (Å²) in [6.45, 7) is 0. The van der Waals surface area contributed by atoms with Crippen molar-refractivity contribution in [1.82, 2.24) is 4.90 Å². The molecular formula is C24H23NO4. The summed E-state index contributed by atoms with van der Waals surface area (Å²) in [4.78, 5) is 41.5. The number of benzene rings is 2. The van der Waals surface area contributed by atoms with Crippen molar-refractivity contribution >= 4 is 17.8 Å². The van der Waals surface area contributed by atoms with Crippen LogP contribution >= 0.6 is 0 Å². The third kappa shape index (κ3) is 2.56. The summed E-state index contributed by atoms with van der Waals surface area (Å²) in [6.07, 6.45) is 4.94. The Labute approximate surface area is 169 Å². The van der Waals surface area contributed by atoms with E-state index in [0.717, 1.165) is 32.1 Å². The molecule has 2 aromatic carbocycles. The second-order valence-electron chi connectivity index (χ2n) is 8.21. The third-order valence-electron chi connectivity index (χ3n) is 6.71. The number of hydrogen-bond acceptors (Lipinski definition) is 4. The molecule has 1 aliphatic carbocycles. The lowest BCUT2D eigenvalue weighted by atomic mass is 9.66. The van der Waals surface area contributed by atoms with Gasteiger partial charge >= 0.3 is 5.97 Å². The summed E-state index contributed by atoms with van der Waals surface area (Å²) in [6, 6.07) is 16.5. The number of likely N-dealkylation sites (tertiary alicyclic amines) is 1. The van der Waals surface area contributed by atoms with Gasteiger partial charge in [0.25, 0.3) is 0 Å². The van der Waals surface area contributed by atoms with Gasteiger partial charge in [-0.05, 0) is 24.5 Å². The average Bonchev–Trinajstić information content (AvgIpc) is 3.22. The molecule has 0 aromatic heterocycles. The maximum Gasteiger partial charge on any atom is 0.327 e. The van der Waals surface area contributed by atoms with Crippen molar-refractivity contribution in [3.8, 4) is 5.75 Å². The van der Waals surface area contributed by atoms with Crippen molar-refractivity contribution in [2.75, 3.05) is 0 Å². The lowest BCUT2D eigenvalue weighted by Gasteiger charge is -2.33. The van der Waals surface area contributed by atoms with Crippen LogP contribution in [0.1, 0.15) is 49.7 Å². The predicted molar refractivity (Wildman–Crippen MR) is 106 cm³/mol. The minimum atomic E-state index is -1.28. The SMILES string of the molecule is O=C1C[C@@H]([C@@]2(c3ccccc3)C(=O)Oc3ccccc32)C(=O)N1C1CCCCC1. The Morgan fingerprint density at radius 1 is 0.862 bits per heavy atom. The zero-order chi connectivity index (χ0) is 20.0. The van der Waals surface area contributed by atoms with Crippen LogP contribution < -0.4 is 4.74 Å². The van der Waals surface area contributed by atoms with Gasteiger partial charge in [0.05, 0.1) is 5.92 Å². The Bertz CT molecular complexity index is 979. The molecular weight excluding hydrogens is 366 g/mol. The normalized spacial score (nSPS) is 27.2. The van der Waals surface area contributed by atoms with Gasteiger partial charge in [0.15, 0.2) is 0 Å². The second-order valence-corrected chi connectivity index (χ2v) is 8.21. The molecule has 3 aliphatic rings. The van der Waals surface area contributed by atoms with Crippen LogP contribution in [0.15, 0.2) is 54.6 Å². The van der Waals surface area contributed by atoms with E-state index in [-0.39, 0.29) is 24.3 Å². The first-order chi connectivity index (χ1) is 14.1. The standard InChI is InChI=1S/C24H23NO4/c26-21-15-19(22(27)25(21)17-11-5-2-6-12-17)24(16-9-3-1-4-10-16)18-13-7-8-14-20(18)29-23(24)28/h1,3-4,7-10,13-14,17,19H,2,5-6,11-12,15H2/t19-,24+/m1/s1. The molecule has 0 bridgehead atoms. The maximum atomic E-state index is 13.6. The lowest BCUT2D eigenvalue weighted by molar-refractivity contribution is -0.147. The van der Waals surface area contributed by atoms with Gasteiger partial charge in [-0.15, -0.1) is 0 Å². The average molecular weight is 389 g/mol. The third-order valence-corrected chi connectivity index (χ3v) is 6.71. The first-order valence-corrected chi connectivity index (χ1v) is 10.4. The van der Waals surface area contributed by atoms with Gasteiger partial charge in [-0.25, -0.2) is 0 Å². The molecule has 1 saturated heterocycles. The van der Waals surface area contributed by atoms with Gasteiger partial charge in [-0.2, -0.15) is 0 Å². The van der Waals surface area contributed by atoms with Crippen LogP contribution in [0.25, 0.3) is 0 Å².